The molecule has 4 rings (SSSR count). The lowest BCUT2D eigenvalue weighted by Crippen LogP contribution is -2.42. The number of anilines is 1. The average molecular weight is 395 g/mol. The number of rotatable bonds is 3. The molecule has 0 saturated carbocycles. The number of fused-ring (bicyclic) bond motifs is 1. The Labute approximate surface area is 167 Å². The maximum Gasteiger partial charge on any atom is 0.258 e. The minimum absolute atomic E-state index is 0.0263. The fourth-order valence-corrected chi connectivity index (χ4v) is 3.59. The van der Waals surface area contributed by atoms with Crippen LogP contribution >= 0.6 is 11.6 Å². The van der Waals surface area contributed by atoms with Crippen LogP contribution in [0.15, 0.2) is 60.7 Å². The number of carbonyl (C=O) groups excluding carboxylic acids is 1. The molecule has 3 aromatic rings. The summed E-state index contributed by atoms with van der Waals surface area (Å²) in [5, 5.41) is 23.2. The van der Waals surface area contributed by atoms with Crippen molar-refractivity contribution in [2.24, 2.45) is 0 Å². The van der Waals surface area contributed by atoms with Crippen LogP contribution in [0.4, 0.5) is 5.69 Å². The molecule has 0 spiro atoms. The van der Waals surface area contributed by atoms with Crippen molar-refractivity contribution in [3.8, 4) is 11.5 Å². The number of phenolic OH excluding ortho intramolecular Hbond substituents is 2. The van der Waals surface area contributed by atoms with Gasteiger partial charge < -0.3 is 20.4 Å². The van der Waals surface area contributed by atoms with E-state index in [1.54, 1.807) is 17.0 Å². The van der Waals surface area contributed by atoms with Crippen LogP contribution in [0, 0.1) is 6.92 Å². The molecule has 5 nitrogen and oxygen atoms in total. The number of phenols is 2. The molecule has 0 fully saturated rings. The molecule has 142 valence electrons. The van der Waals surface area contributed by atoms with Crippen molar-refractivity contribution in [3.63, 3.8) is 0 Å². The number of benzene rings is 3. The van der Waals surface area contributed by atoms with Crippen LogP contribution < -0.4 is 5.32 Å². The molecule has 1 aliphatic heterocycles. The van der Waals surface area contributed by atoms with Crippen LogP contribution in [0.25, 0.3) is 0 Å². The molecule has 0 aliphatic carbocycles. The van der Waals surface area contributed by atoms with Crippen LogP contribution in [0.1, 0.15) is 33.2 Å². The lowest BCUT2D eigenvalue weighted by molar-refractivity contribution is 0.0666. The van der Waals surface area contributed by atoms with Gasteiger partial charge >= 0.3 is 0 Å². The smallest absolute Gasteiger partial charge is 0.258 e. The van der Waals surface area contributed by atoms with E-state index in [2.05, 4.69) is 5.32 Å². The molecular weight excluding hydrogens is 376 g/mol. The van der Waals surface area contributed by atoms with Crippen molar-refractivity contribution >= 4 is 23.2 Å². The van der Waals surface area contributed by atoms with E-state index in [-0.39, 0.29) is 22.4 Å². The molecule has 0 aromatic heterocycles. The number of halogens is 1. The Morgan fingerprint density at radius 2 is 1.79 bits per heavy atom. The van der Waals surface area contributed by atoms with Gasteiger partial charge in [0.2, 0.25) is 0 Å². The fourth-order valence-electron chi connectivity index (χ4n) is 3.37. The number of hydrogen-bond acceptors (Lipinski definition) is 4. The quantitative estimate of drug-likeness (QED) is 0.556. The topological polar surface area (TPSA) is 72.8 Å². The third-order valence-electron chi connectivity index (χ3n) is 4.88. The maximum absolute atomic E-state index is 13.2. The standard InChI is InChI=1S/C22H19ClN2O3/c1-13-6-8-14(9-7-13)12-25-21(15-10-17(23)20(27)19(26)11-15)24-18-5-3-2-4-16(18)22(25)28/h2-11,21,24,26-27H,12H2,1H3/t21-/m1/s1. The number of nitrogens with one attached hydrogen (secondary N) is 1. The Kier molecular flexibility index (Phi) is 4.61. The van der Waals surface area contributed by atoms with E-state index < -0.39 is 6.17 Å². The van der Waals surface area contributed by atoms with Gasteiger partial charge in [0.1, 0.15) is 6.17 Å². The Morgan fingerprint density at radius 1 is 1.07 bits per heavy atom. The zero-order valence-corrected chi connectivity index (χ0v) is 15.9. The normalized spacial score (nSPS) is 15.9. The minimum atomic E-state index is -0.548. The first-order valence-electron chi connectivity index (χ1n) is 8.87. The number of nitrogens with zero attached hydrogens (tertiary/aromatic N) is 1. The van der Waals surface area contributed by atoms with Gasteiger partial charge in [-0.25, -0.2) is 0 Å². The zero-order valence-electron chi connectivity index (χ0n) is 15.2. The highest BCUT2D eigenvalue weighted by Crippen LogP contribution is 2.40. The third kappa shape index (κ3) is 3.25. The molecule has 28 heavy (non-hydrogen) atoms. The van der Waals surface area contributed by atoms with Crippen molar-refractivity contribution < 1.29 is 15.0 Å². The number of carbonyl (C=O) groups is 1. The second kappa shape index (κ2) is 7.09. The molecule has 0 radical (unpaired) electrons. The summed E-state index contributed by atoms with van der Waals surface area (Å²) in [6.45, 7) is 2.39. The van der Waals surface area contributed by atoms with Crippen molar-refractivity contribution in [1.82, 2.24) is 4.90 Å². The van der Waals surface area contributed by atoms with Gasteiger partial charge in [-0.2, -0.15) is 0 Å². The molecule has 3 N–H and O–H groups in total. The molecule has 0 bridgehead atoms. The Bertz CT molecular complexity index is 1030. The van der Waals surface area contributed by atoms with E-state index >= 15 is 0 Å². The Hall–Kier alpha value is -3.18. The molecule has 1 heterocycles. The second-order valence-corrected chi connectivity index (χ2v) is 7.29. The van der Waals surface area contributed by atoms with Gasteiger partial charge in [-0.15, -0.1) is 0 Å². The molecular formula is C22H19ClN2O3. The van der Waals surface area contributed by atoms with Gasteiger partial charge in [0.15, 0.2) is 11.5 Å². The van der Waals surface area contributed by atoms with E-state index in [1.807, 2.05) is 49.4 Å². The summed E-state index contributed by atoms with van der Waals surface area (Å²) in [7, 11) is 0. The summed E-state index contributed by atoms with van der Waals surface area (Å²) in [4.78, 5) is 14.9. The molecule has 6 heteroatoms. The minimum Gasteiger partial charge on any atom is -0.504 e. The van der Waals surface area contributed by atoms with Crippen LogP contribution in [0.5, 0.6) is 11.5 Å². The predicted molar refractivity (Wildman–Crippen MR) is 109 cm³/mol. The van der Waals surface area contributed by atoms with E-state index in [0.717, 1.165) is 11.1 Å². The first-order valence-corrected chi connectivity index (χ1v) is 9.25. The largest absolute Gasteiger partial charge is 0.504 e. The number of hydrogen-bond donors (Lipinski definition) is 3. The number of amides is 1. The summed E-state index contributed by atoms with van der Waals surface area (Å²) in [6.07, 6.45) is -0.548. The molecule has 1 atom stereocenters. The van der Waals surface area contributed by atoms with Gasteiger partial charge in [-0.05, 0) is 36.8 Å². The highest BCUT2D eigenvalue weighted by molar-refractivity contribution is 6.32. The predicted octanol–water partition coefficient (Wildman–Crippen LogP) is 4.83. The summed E-state index contributed by atoms with van der Waals surface area (Å²) in [5.41, 5.74) is 4.00. The van der Waals surface area contributed by atoms with Gasteiger partial charge in [0, 0.05) is 17.8 Å². The second-order valence-electron chi connectivity index (χ2n) is 6.88. The lowest BCUT2D eigenvalue weighted by Gasteiger charge is -2.38. The molecule has 1 aliphatic rings. The fraction of sp³-hybridized carbons (Fsp3) is 0.136. The summed E-state index contributed by atoms with van der Waals surface area (Å²) in [6, 6.07) is 18.3. The van der Waals surface area contributed by atoms with E-state index in [4.69, 9.17) is 11.6 Å². The lowest BCUT2D eigenvalue weighted by atomic mass is 10.0. The number of aromatic hydroxyl groups is 2. The zero-order chi connectivity index (χ0) is 19.8. The highest BCUT2D eigenvalue weighted by Gasteiger charge is 2.33. The van der Waals surface area contributed by atoms with Crippen LogP contribution in [-0.2, 0) is 6.54 Å². The van der Waals surface area contributed by atoms with Gasteiger partial charge in [-0.3, -0.25) is 4.79 Å². The van der Waals surface area contributed by atoms with Crippen molar-refractivity contribution in [3.05, 3.63) is 87.9 Å². The van der Waals surface area contributed by atoms with Crippen molar-refractivity contribution in [1.29, 1.82) is 0 Å². The molecule has 1 amide bonds. The van der Waals surface area contributed by atoms with Crippen molar-refractivity contribution in [2.75, 3.05) is 5.32 Å². The molecule has 0 unspecified atom stereocenters. The first-order chi connectivity index (χ1) is 13.4. The van der Waals surface area contributed by atoms with E-state index in [1.165, 1.54) is 6.07 Å². The third-order valence-corrected chi connectivity index (χ3v) is 5.17. The number of aryl methyl sites for hydroxylation is 1. The highest BCUT2D eigenvalue weighted by atomic mass is 35.5. The van der Waals surface area contributed by atoms with Crippen LogP contribution in [0.2, 0.25) is 5.02 Å². The summed E-state index contributed by atoms with van der Waals surface area (Å²) >= 11 is 6.06. The van der Waals surface area contributed by atoms with Crippen LogP contribution in [0.3, 0.4) is 0 Å². The molecule has 3 aromatic carbocycles. The SMILES string of the molecule is Cc1ccc(CN2C(=O)c3ccccc3N[C@H]2c2cc(O)c(O)c(Cl)c2)cc1. The first kappa shape index (κ1) is 18.2. The van der Waals surface area contributed by atoms with Gasteiger partial charge in [-0.1, -0.05) is 53.6 Å². The van der Waals surface area contributed by atoms with E-state index in [9.17, 15) is 15.0 Å². The summed E-state index contributed by atoms with van der Waals surface area (Å²) < 4.78 is 0. The van der Waals surface area contributed by atoms with Gasteiger partial charge in [0.05, 0.1) is 10.6 Å². The molecule has 0 saturated heterocycles. The Morgan fingerprint density at radius 3 is 2.50 bits per heavy atom. The monoisotopic (exact) mass is 394 g/mol. The van der Waals surface area contributed by atoms with Gasteiger partial charge in [0.25, 0.3) is 5.91 Å². The summed E-state index contributed by atoms with van der Waals surface area (Å²) in [5.74, 6) is -0.826. The van der Waals surface area contributed by atoms with E-state index in [0.29, 0.717) is 23.4 Å². The number of para-hydroxylation sites is 1. The van der Waals surface area contributed by atoms with Crippen LogP contribution in [-0.4, -0.2) is 21.0 Å². The maximum atomic E-state index is 13.2. The average Bonchev–Trinajstić information content (AvgIpc) is 2.69. The Balaban J connectivity index is 1.79. The van der Waals surface area contributed by atoms with Crippen molar-refractivity contribution in [2.45, 2.75) is 19.6 Å².